The van der Waals surface area contributed by atoms with Gasteiger partial charge in [-0.15, -0.1) is 0 Å². The second kappa shape index (κ2) is 15.4. The largest absolute Gasteiger partial charge is 0.464 e. The summed E-state index contributed by atoms with van der Waals surface area (Å²) in [6, 6.07) is 0. The average molecular weight is 388 g/mol. The van der Waals surface area contributed by atoms with Crippen LogP contribution < -0.4 is 0 Å². The van der Waals surface area contributed by atoms with Crippen molar-refractivity contribution in [2.24, 2.45) is 11.8 Å². The fraction of sp³-hybridized carbons (Fsp3) is 0.850. The number of nitrogens with zero attached hydrogens (tertiary/aromatic N) is 1. The number of carbonyl (C=O) groups excluding carboxylic acids is 3. The predicted molar refractivity (Wildman–Crippen MR) is 103 cm³/mol. The van der Waals surface area contributed by atoms with Gasteiger partial charge in [0.2, 0.25) is 0 Å². The Balaban J connectivity index is 4.28. The first-order chi connectivity index (χ1) is 12.7. The normalized spacial score (nSPS) is 11.1. The summed E-state index contributed by atoms with van der Waals surface area (Å²) in [5.74, 6) is -0.145. The van der Waals surface area contributed by atoms with Crippen molar-refractivity contribution in [1.29, 1.82) is 0 Å². The van der Waals surface area contributed by atoms with Crippen LogP contribution in [0.25, 0.3) is 0 Å². The van der Waals surface area contributed by atoms with Crippen LogP contribution in [0.3, 0.4) is 0 Å². The highest BCUT2D eigenvalue weighted by Crippen LogP contribution is 2.03. The van der Waals surface area contributed by atoms with Gasteiger partial charge in [-0.1, -0.05) is 34.6 Å². The van der Waals surface area contributed by atoms with Crippen LogP contribution in [0.4, 0.5) is 0 Å². The summed E-state index contributed by atoms with van der Waals surface area (Å²) < 4.78 is 15.6. The standard InChI is InChI=1S/C20H37NO6/c1-6-7-18(22)25-11-8-21(9-12-26-19(23)14-16(2)3)10-13-27-20(24)15-17(4)5/h16-17H,6-15H2,1-5H3. The highest BCUT2D eigenvalue weighted by Gasteiger charge is 2.12. The van der Waals surface area contributed by atoms with Crippen LogP contribution in [0, 0.1) is 11.8 Å². The fourth-order valence-corrected chi connectivity index (χ4v) is 2.26. The molecule has 0 saturated carbocycles. The average Bonchev–Trinajstić information content (AvgIpc) is 2.53. The van der Waals surface area contributed by atoms with Crippen molar-refractivity contribution in [2.75, 3.05) is 39.5 Å². The molecule has 0 unspecified atom stereocenters. The van der Waals surface area contributed by atoms with Crippen LogP contribution >= 0.6 is 0 Å². The van der Waals surface area contributed by atoms with Gasteiger partial charge >= 0.3 is 17.9 Å². The van der Waals surface area contributed by atoms with Crippen molar-refractivity contribution in [3.05, 3.63) is 0 Å². The Morgan fingerprint density at radius 3 is 1.41 bits per heavy atom. The minimum Gasteiger partial charge on any atom is -0.464 e. The maximum atomic E-state index is 11.6. The lowest BCUT2D eigenvalue weighted by atomic mass is 10.1. The highest BCUT2D eigenvalue weighted by atomic mass is 16.5. The van der Waals surface area contributed by atoms with Crippen LogP contribution in [0.2, 0.25) is 0 Å². The van der Waals surface area contributed by atoms with Crippen LogP contribution in [0.15, 0.2) is 0 Å². The fourth-order valence-electron chi connectivity index (χ4n) is 2.26. The van der Waals surface area contributed by atoms with Crippen molar-refractivity contribution in [1.82, 2.24) is 4.90 Å². The van der Waals surface area contributed by atoms with E-state index in [9.17, 15) is 14.4 Å². The summed E-state index contributed by atoms with van der Waals surface area (Å²) in [5, 5.41) is 0. The maximum absolute atomic E-state index is 11.6. The molecule has 0 aliphatic rings. The molecule has 0 spiro atoms. The molecule has 0 rings (SSSR count). The summed E-state index contributed by atoms with van der Waals surface area (Å²) in [6.45, 7) is 12.0. The van der Waals surface area contributed by atoms with E-state index in [1.165, 1.54) is 0 Å². The molecule has 27 heavy (non-hydrogen) atoms. The Bertz CT molecular complexity index is 408. The molecule has 0 aliphatic heterocycles. The van der Waals surface area contributed by atoms with Gasteiger partial charge in [-0.3, -0.25) is 19.3 Å². The van der Waals surface area contributed by atoms with Gasteiger partial charge in [-0.2, -0.15) is 0 Å². The molecule has 0 amide bonds. The number of esters is 3. The molecule has 158 valence electrons. The Hall–Kier alpha value is -1.63. The molecule has 0 fully saturated rings. The minimum absolute atomic E-state index is 0.218. The van der Waals surface area contributed by atoms with E-state index in [4.69, 9.17) is 14.2 Å². The Morgan fingerprint density at radius 2 is 1.07 bits per heavy atom. The van der Waals surface area contributed by atoms with Crippen molar-refractivity contribution in [3.8, 4) is 0 Å². The Kier molecular flexibility index (Phi) is 14.5. The lowest BCUT2D eigenvalue weighted by Crippen LogP contribution is -2.35. The van der Waals surface area contributed by atoms with E-state index in [1.54, 1.807) is 0 Å². The summed E-state index contributed by atoms with van der Waals surface area (Å²) in [7, 11) is 0. The number of rotatable bonds is 15. The second-order valence-electron chi connectivity index (χ2n) is 7.45. The highest BCUT2D eigenvalue weighted by molar-refractivity contribution is 5.70. The molecule has 0 aromatic carbocycles. The summed E-state index contributed by atoms with van der Waals surface area (Å²) in [4.78, 5) is 36.7. The van der Waals surface area contributed by atoms with Crippen LogP contribution in [0.5, 0.6) is 0 Å². The van der Waals surface area contributed by atoms with Crippen molar-refractivity contribution < 1.29 is 28.6 Å². The lowest BCUT2D eigenvalue weighted by molar-refractivity contribution is -0.145. The third-order valence-electron chi connectivity index (χ3n) is 3.62. The van der Waals surface area contributed by atoms with Crippen LogP contribution in [-0.4, -0.2) is 62.3 Å². The third-order valence-corrected chi connectivity index (χ3v) is 3.62. The Labute approximate surface area is 163 Å². The molecule has 0 saturated heterocycles. The van der Waals surface area contributed by atoms with Gasteiger partial charge in [0, 0.05) is 38.9 Å². The van der Waals surface area contributed by atoms with E-state index >= 15 is 0 Å². The van der Waals surface area contributed by atoms with E-state index in [2.05, 4.69) is 0 Å². The van der Waals surface area contributed by atoms with Gasteiger partial charge in [0.25, 0.3) is 0 Å². The first-order valence-corrected chi connectivity index (χ1v) is 9.93. The molecule has 0 heterocycles. The predicted octanol–water partition coefficient (Wildman–Crippen LogP) is 2.81. The molecular weight excluding hydrogens is 350 g/mol. The number of carbonyl (C=O) groups is 3. The molecule has 0 atom stereocenters. The van der Waals surface area contributed by atoms with Crippen molar-refractivity contribution in [2.45, 2.75) is 60.3 Å². The van der Waals surface area contributed by atoms with E-state index in [-0.39, 0.29) is 49.6 Å². The molecule has 0 bridgehead atoms. The van der Waals surface area contributed by atoms with Gasteiger partial charge in [0.1, 0.15) is 19.8 Å². The molecule has 0 N–H and O–H groups in total. The van der Waals surface area contributed by atoms with Gasteiger partial charge in [0.15, 0.2) is 0 Å². The van der Waals surface area contributed by atoms with E-state index in [0.717, 1.165) is 6.42 Å². The van der Waals surface area contributed by atoms with Gasteiger partial charge in [-0.25, -0.2) is 0 Å². The number of ether oxygens (including phenoxy) is 3. The minimum atomic E-state index is -0.220. The smallest absolute Gasteiger partial charge is 0.306 e. The molecule has 0 aromatic heterocycles. The zero-order chi connectivity index (χ0) is 20.7. The maximum Gasteiger partial charge on any atom is 0.306 e. The van der Waals surface area contributed by atoms with Crippen molar-refractivity contribution >= 4 is 17.9 Å². The summed E-state index contributed by atoms with van der Waals surface area (Å²) in [5.41, 5.74) is 0. The topological polar surface area (TPSA) is 82.1 Å². The molecule has 7 nitrogen and oxygen atoms in total. The monoisotopic (exact) mass is 387 g/mol. The summed E-state index contributed by atoms with van der Waals surface area (Å²) in [6.07, 6.45) is 1.93. The van der Waals surface area contributed by atoms with E-state index < -0.39 is 0 Å². The molecule has 7 heteroatoms. The molecule has 0 radical (unpaired) electrons. The van der Waals surface area contributed by atoms with Gasteiger partial charge in [0.05, 0.1) is 0 Å². The molecule has 0 aliphatic carbocycles. The van der Waals surface area contributed by atoms with Gasteiger partial charge in [-0.05, 0) is 18.3 Å². The van der Waals surface area contributed by atoms with Crippen molar-refractivity contribution in [3.63, 3.8) is 0 Å². The zero-order valence-electron chi connectivity index (χ0n) is 17.6. The first kappa shape index (κ1) is 25.4. The van der Waals surface area contributed by atoms with E-state index in [0.29, 0.717) is 38.9 Å². The SMILES string of the molecule is CCCC(=O)OCCN(CCOC(=O)CC(C)C)CCOC(=O)CC(C)C. The second-order valence-corrected chi connectivity index (χ2v) is 7.45. The molecule has 0 aromatic rings. The third kappa shape index (κ3) is 16.3. The molecular formula is C20H37NO6. The quantitative estimate of drug-likeness (QED) is 0.316. The lowest BCUT2D eigenvalue weighted by Gasteiger charge is -2.22. The zero-order valence-corrected chi connectivity index (χ0v) is 17.6. The first-order valence-electron chi connectivity index (χ1n) is 9.93. The summed E-state index contributed by atoms with van der Waals surface area (Å²) >= 11 is 0. The number of hydrogen-bond donors (Lipinski definition) is 0. The van der Waals surface area contributed by atoms with Gasteiger partial charge < -0.3 is 14.2 Å². The van der Waals surface area contributed by atoms with Crippen LogP contribution in [0.1, 0.15) is 60.3 Å². The Morgan fingerprint density at radius 1 is 0.704 bits per heavy atom. The van der Waals surface area contributed by atoms with E-state index in [1.807, 2.05) is 39.5 Å². The number of hydrogen-bond acceptors (Lipinski definition) is 7. The van der Waals surface area contributed by atoms with Crippen LogP contribution in [-0.2, 0) is 28.6 Å².